The first-order valence-corrected chi connectivity index (χ1v) is 9.09. The largest absolute Gasteiger partial charge is 0.346 e. The molecule has 0 saturated heterocycles. The SMILES string of the molecule is C[C@H](NC(=O)CSc1cc(Cl)ccc1Cl)c1nc2ccccc2[nH]1. The van der Waals surface area contributed by atoms with Gasteiger partial charge in [-0.3, -0.25) is 4.79 Å². The minimum absolute atomic E-state index is 0.0935. The fraction of sp³-hybridized carbons (Fsp3) is 0.176. The van der Waals surface area contributed by atoms with E-state index < -0.39 is 0 Å². The van der Waals surface area contributed by atoms with E-state index >= 15 is 0 Å². The molecule has 0 radical (unpaired) electrons. The highest BCUT2D eigenvalue weighted by Crippen LogP contribution is 2.29. The van der Waals surface area contributed by atoms with E-state index in [0.29, 0.717) is 10.0 Å². The molecule has 0 fully saturated rings. The molecule has 2 N–H and O–H groups in total. The molecule has 0 bridgehead atoms. The summed E-state index contributed by atoms with van der Waals surface area (Å²) in [5.41, 5.74) is 1.84. The Kier molecular flexibility index (Phi) is 5.33. The van der Waals surface area contributed by atoms with Gasteiger partial charge in [-0.05, 0) is 37.3 Å². The van der Waals surface area contributed by atoms with Crippen LogP contribution in [0.1, 0.15) is 18.8 Å². The Morgan fingerprint density at radius 1 is 1.29 bits per heavy atom. The number of nitrogens with zero attached hydrogens (tertiary/aromatic N) is 1. The molecular weight excluding hydrogens is 365 g/mol. The summed E-state index contributed by atoms with van der Waals surface area (Å²) in [6.07, 6.45) is 0. The normalized spacial score (nSPS) is 12.3. The molecule has 1 amide bonds. The molecule has 0 saturated carbocycles. The molecule has 2 aromatic carbocycles. The molecule has 0 aliphatic carbocycles. The van der Waals surface area contributed by atoms with Gasteiger partial charge in [-0.1, -0.05) is 35.3 Å². The van der Waals surface area contributed by atoms with Crippen molar-refractivity contribution in [2.45, 2.75) is 17.9 Å². The van der Waals surface area contributed by atoms with Gasteiger partial charge in [0.2, 0.25) is 5.91 Å². The maximum atomic E-state index is 12.2. The van der Waals surface area contributed by atoms with Gasteiger partial charge in [-0.25, -0.2) is 4.98 Å². The molecule has 0 aliphatic heterocycles. The number of benzene rings is 2. The van der Waals surface area contributed by atoms with Gasteiger partial charge in [0.15, 0.2) is 0 Å². The van der Waals surface area contributed by atoms with Crippen LogP contribution < -0.4 is 5.32 Å². The zero-order valence-electron chi connectivity index (χ0n) is 12.8. The van der Waals surface area contributed by atoms with Crippen molar-refractivity contribution in [2.24, 2.45) is 0 Å². The summed E-state index contributed by atoms with van der Waals surface area (Å²) in [5.74, 6) is 0.893. The zero-order chi connectivity index (χ0) is 17.1. The third-order valence-corrected chi connectivity index (χ3v) is 5.18. The van der Waals surface area contributed by atoms with Gasteiger partial charge in [0.05, 0.1) is 27.9 Å². The fourth-order valence-electron chi connectivity index (χ4n) is 2.26. The number of thioether (sulfide) groups is 1. The number of para-hydroxylation sites is 2. The second kappa shape index (κ2) is 7.47. The van der Waals surface area contributed by atoms with E-state index in [4.69, 9.17) is 23.2 Å². The molecule has 1 heterocycles. The second-order valence-electron chi connectivity index (χ2n) is 5.29. The molecule has 124 valence electrons. The lowest BCUT2D eigenvalue weighted by Gasteiger charge is -2.11. The highest BCUT2D eigenvalue weighted by Gasteiger charge is 2.14. The number of carbonyl (C=O) groups is 1. The summed E-state index contributed by atoms with van der Waals surface area (Å²) >= 11 is 13.4. The maximum absolute atomic E-state index is 12.2. The first-order chi connectivity index (χ1) is 11.5. The molecule has 1 atom stereocenters. The smallest absolute Gasteiger partial charge is 0.230 e. The predicted octanol–water partition coefficient (Wildman–Crippen LogP) is 4.84. The van der Waals surface area contributed by atoms with Crippen molar-refractivity contribution in [2.75, 3.05) is 5.75 Å². The topological polar surface area (TPSA) is 57.8 Å². The maximum Gasteiger partial charge on any atom is 0.230 e. The van der Waals surface area contributed by atoms with Crippen molar-refractivity contribution in [3.8, 4) is 0 Å². The van der Waals surface area contributed by atoms with Crippen molar-refractivity contribution in [1.29, 1.82) is 0 Å². The Hall–Kier alpha value is -1.69. The summed E-state index contributed by atoms with van der Waals surface area (Å²) in [6, 6.07) is 12.8. The number of halogens is 2. The molecule has 1 aromatic heterocycles. The lowest BCUT2D eigenvalue weighted by molar-refractivity contribution is -0.119. The molecular formula is C17H15Cl2N3OS. The number of aromatic amines is 1. The molecule has 4 nitrogen and oxygen atoms in total. The molecule has 7 heteroatoms. The van der Waals surface area contributed by atoms with Crippen LogP contribution in [0.25, 0.3) is 11.0 Å². The minimum atomic E-state index is -0.208. The molecule has 0 unspecified atom stereocenters. The number of hydrogen-bond acceptors (Lipinski definition) is 3. The van der Waals surface area contributed by atoms with Crippen LogP contribution in [0, 0.1) is 0 Å². The van der Waals surface area contributed by atoms with Crippen LogP contribution in [-0.2, 0) is 4.79 Å². The van der Waals surface area contributed by atoms with Crippen LogP contribution >= 0.6 is 35.0 Å². The highest BCUT2D eigenvalue weighted by atomic mass is 35.5. The van der Waals surface area contributed by atoms with Crippen LogP contribution in [-0.4, -0.2) is 21.6 Å². The number of aromatic nitrogens is 2. The van der Waals surface area contributed by atoms with E-state index in [0.717, 1.165) is 21.8 Å². The summed E-state index contributed by atoms with van der Waals surface area (Å²) in [4.78, 5) is 20.7. The van der Waals surface area contributed by atoms with Crippen LogP contribution in [0.4, 0.5) is 0 Å². The molecule has 3 rings (SSSR count). The third kappa shape index (κ3) is 4.04. The number of fused-ring (bicyclic) bond motifs is 1. The van der Waals surface area contributed by atoms with Gasteiger partial charge in [-0.2, -0.15) is 0 Å². The summed E-state index contributed by atoms with van der Waals surface area (Å²) in [7, 11) is 0. The number of H-pyrrole nitrogens is 1. The first-order valence-electron chi connectivity index (χ1n) is 7.35. The number of nitrogens with one attached hydrogen (secondary N) is 2. The first kappa shape index (κ1) is 17.1. The van der Waals surface area contributed by atoms with E-state index in [1.807, 2.05) is 31.2 Å². The van der Waals surface area contributed by atoms with Crippen molar-refractivity contribution in [3.05, 3.63) is 58.3 Å². The van der Waals surface area contributed by atoms with Crippen molar-refractivity contribution < 1.29 is 4.79 Å². The Morgan fingerprint density at radius 2 is 2.08 bits per heavy atom. The number of carbonyl (C=O) groups excluding carboxylic acids is 1. The summed E-state index contributed by atoms with van der Waals surface area (Å²) < 4.78 is 0. The Balaban J connectivity index is 1.60. The standard InChI is InChI=1S/C17H15Cl2N3OS/c1-10(17-21-13-4-2-3-5-14(13)22-17)20-16(23)9-24-15-8-11(18)6-7-12(15)19/h2-8,10H,9H2,1H3,(H,20,23)(H,21,22)/t10-/m0/s1. The molecule has 0 aliphatic rings. The van der Waals surface area contributed by atoms with Gasteiger partial charge in [0.1, 0.15) is 5.82 Å². The van der Waals surface area contributed by atoms with Crippen LogP contribution in [0.5, 0.6) is 0 Å². The van der Waals surface area contributed by atoms with Gasteiger partial charge in [0.25, 0.3) is 0 Å². The number of rotatable bonds is 5. The van der Waals surface area contributed by atoms with Gasteiger partial charge in [-0.15, -0.1) is 11.8 Å². The van der Waals surface area contributed by atoms with E-state index in [2.05, 4.69) is 15.3 Å². The third-order valence-electron chi connectivity index (χ3n) is 3.45. The van der Waals surface area contributed by atoms with E-state index in [-0.39, 0.29) is 17.7 Å². The van der Waals surface area contributed by atoms with Crippen LogP contribution in [0.15, 0.2) is 47.4 Å². The monoisotopic (exact) mass is 379 g/mol. The van der Waals surface area contributed by atoms with Crippen molar-refractivity contribution in [1.82, 2.24) is 15.3 Å². The van der Waals surface area contributed by atoms with Gasteiger partial charge < -0.3 is 10.3 Å². The Labute approximate surface area is 153 Å². The van der Waals surface area contributed by atoms with E-state index in [9.17, 15) is 4.79 Å². The lowest BCUT2D eigenvalue weighted by Crippen LogP contribution is -2.28. The van der Waals surface area contributed by atoms with Crippen molar-refractivity contribution in [3.63, 3.8) is 0 Å². The second-order valence-corrected chi connectivity index (χ2v) is 7.15. The van der Waals surface area contributed by atoms with Crippen molar-refractivity contribution >= 4 is 51.9 Å². The van der Waals surface area contributed by atoms with E-state index in [1.54, 1.807) is 18.2 Å². The zero-order valence-corrected chi connectivity index (χ0v) is 15.2. The van der Waals surface area contributed by atoms with Crippen LogP contribution in [0.3, 0.4) is 0 Å². The average Bonchev–Trinajstić information content (AvgIpc) is 3.00. The Morgan fingerprint density at radius 3 is 2.88 bits per heavy atom. The molecule has 0 spiro atoms. The summed E-state index contributed by atoms with van der Waals surface area (Å²) in [6.45, 7) is 1.90. The van der Waals surface area contributed by atoms with Gasteiger partial charge >= 0.3 is 0 Å². The number of hydrogen-bond donors (Lipinski definition) is 2. The lowest BCUT2D eigenvalue weighted by atomic mass is 10.3. The quantitative estimate of drug-likeness (QED) is 0.623. The fourth-order valence-corrected chi connectivity index (χ4v) is 3.56. The highest BCUT2D eigenvalue weighted by molar-refractivity contribution is 8.00. The molecule has 24 heavy (non-hydrogen) atoms. The minimum Gasteiger partial charge on any atom is -0.346 e. The average molecular weight is 380 g/mol. The van der Waals surface area contributed by atoms with E-state index in [1.165, 1.54) is 11.8 Å². The summed E-state index contributed by atoms with van der Waals surface area (Å²) in [5, 5.41) is 4.11. The van der Waals surface area contributed by atoms with Gasteiger partial charge in [0, 0.05) is 9.92 Å². The predicted molar refractivity (Wildman–Crippen MR) is 99.8 cm³/mol. The number of amides is 1. The Bertz CT molecular complexity index is 848. The van der Waals surface area contributed by atoms with Crippen LogP contribution in [0.2, 0.25) is 10.0 Å². The molecule has 3 aromatic rings. The number of imidazole rings is 1.